The highest BCUT2D eigenvalue weighted by atomic mass is 16.5. The Morgan fingerprint density at radius 2 is 2.00 bits per heavy atom. The normalized spacial score (nSPS) is 12.9. The number of aryl methyl sites for hydroxylation is 1. The van der Waals surface area contributed by atoms with Crippen molar-refractivity contribution in [2.24, 2.45) is 12.5 Å². The molecule has 0 fully saturated rings. The quantitative estimate of drug-likeness (QED) is 0.349. The fourth-order valence-electron chi connectivity index (χ4n) is 1.28. The molecule has 4 nitrogen and oxygen atoms in total. The number of pyridine rings is 1. The van der Waals surface area contributed by atoms with Gasteiger partial charge in [0.15, 0.2) is 25.2 Å². The molecule has 1 N–H and O–H groups in total. The fourth-order valence-corrected chi connectivity index (χ4v) is 1.28. The summed E-state index contributed by atoms with van der Waals surface area (Å²) < 4.78 is 2.77. The van der Waals surface area contributed by atoms with Crippen molar-refractivity contribution >= 4 is 6.21 Å². The number of hydrogen-bond donors (Lipinski definition) is 1. The van der Waals surface area contributed by atoms with Crippen LogP contribution < -0.4 is 4.57 Å². The highest BCUT2D eigenvalue weighted by molar-refractivity contribution is 5.74. The SMILES string of the molecule is C[n+]1ccc(/C=[N+](\[O-])CC(C)(C)CO)cc1. The Balaban J connectivity index is 2.73. The van der Waals surface area contributed by atoms with Gasteiger partial charge in [0.2, 0.25) is 0 Å². The Kier molecular flexibility index (Phi) is 4.01. The lowest BCUT2D eigenvalue weighted by Crippen LogP contribution is -2.29. The average molecular weight is 223 g/mol. The van der Waals surface area contributed by atoms with E-state index < -0.39 is 0 Å². The standard InChI is InChI=1S/C12H19N2O2/c1-12(2,10-15)9-14(16)8-11-4-6-13(3)7-5-11/h4-8,15H,9-10H2,1-3H3/q+1/b14-8-. The van der Waals surface area contributed by atoms with E-state index in [0.29, 0.717) is 0 Å². The van der Waals surface area contributed by atoms with Crippen LogP contribution in [0.4, 0.5) is 0 Å². The summed E-state index contributed by atoms with van der Waals surface area (Å²) in [5.41, 5.74) is 0.486. The number of hydroxylamine groups is 1. The van der Waals surface area contributed by atoms with E-state index in [0.717, 1.165) is 10.3 Å². The van der Waals surface area contributed by atoms with Gasteiger partial charge in [-0.2, -0.15) is 0 Å². The maximum absolute atomic E-state index is 11.6. The first-order valence-corrected chi connectivity index (χ1v) is 5.28. The molecule has 0 unspecified atom stereocenters. The van der Waals surface area contributed by atoms with Crippen LogP contribution in [0.15, 0.2) is 24.5 Å². The van der Waals surface area contributed by atoms with Gasteiger partial charge in [-0.3, -0.25) is 0 Å². The van der Waals surface area contributed by atoms with E-state index >= 15 is 0 Å². The van der Waals surface area contributed by atoms with E-state index in [1.807, 2.05) is 50.0 Å². The zero-order valence-electron chi connectivity index (χ0n) is 10.1. The van der Waals surface area contributed by atoms with Gasteiger partial charge in [0.05, 0.1) is 12.2 Å². The molecule has 0 spiro atoms. The van der Waals surface area contributed by atoms with Crippen molar-refractivity contribution in [2.45, 2.75) is 13.8 Å². The van der Waals surface area contributed by atoms with Crippen molar-refractivity contribution in [1.82, 2.24) is 0 Å². The summed E-state index contributed by atoms with van der Waals surface area (Å²) in [7, 11) is 1.92. The molecule has 0 aromatic carbocycles. The van der Waals surface area contributed by atoms with Gasteiger partial charge in [-0.1, -0.05) is 13.8 Å². The minimum Gasteiger partial charge on any atom is -0.624 e. The molecule has 0 atom stereocenters. The summed E-state index contributed by atoms with van der Waals surface area (Å²) in [6, 6.07) is 3.74. The smallest absolute Gasteiger partial charge is 0.182 e. The lowest BCUT2D eigenvalue weighted by Gasteiger charge is -2.19. The lowest BCUT2D eigenvalue weighted by atomic mass is 9.95. The van der Waals surface area contributed by atoms with Gasteiger partial charge in [-0.25, -0.2) is 9.31 Å². The summed E-state index contributed by atoms with van der Waals surface area (Å²) >= 11 is 0. The molecule has 0 amide bonds. The van der Waals surface area contributed by atoms with Crippen molar-refractivity contribution in [3.63, 3.8) is 0 Å². The molecule has 1 aromatic rings. The predicted octanol–water partition coefficient (Wildman–Crippen LogP) is 0.459. The van der Waals surface area contributed by atoms with Gasteiger partial charge in [0, 0.05) is 17.5 Å². The number of aliphatic hydroxyl groups excluding tert-OH is 1. The summed E-state index contributed by atoms with van der Waals surface area (Å²) in [5, 5.41) is 20.7. The van der Waals surface area contributed by atoms with Crippen LogP contribution in [0.5, 0.6) is 0 Å². The Morgan fingerprint density at radius 3 is 2.50 bits per heavy atom. The monoisotopic (exact) mass is 223 g/mol. The molecule has 1 aromatic heterocycles. The van der Waals surface area contributed by atoms with Crippen LogP contribution in [-0.4, -0.2) is 29.2 Å². The second-order valence-corrected chi connectivity index (χ2v) is 4.82. The molecular formula is C12H19N2O2+. The van der Waals surface area contributed by atoms with E-state index in [1.54, 1.807) is 0 Å². The topological polar surface area (TPSA) is 50.2 Å². The first-order chi connectivity index (χ1) is 7.43. The molecule has 0 radical (unpaired) electrons. The fraction of sp³-hybridized carbons (Fsp3) is 0.500. The van der Waals surface area contributed by atoms with Gasteiger partial charge in [0.1, 0.15) is 7.05 Å². The summed E-state index contributed by atoms with van der Waals surface area (Å²) in [5.74, 6) is 0. The Hall–Kier alpha value is -1.42. The third-order valence-corrected chi connectivity index (χ3v) is 2.31. The molecule has 0 saturated heterocycles. The average Bonchev–Trinajstić information content (AvgIpc) is 2.21. The van der Waals surface area contributed by atoms with Gasteiger partial charge < -0.3 is 10.3 Å². The molecule has 0 saturated carbocycles. The Morgan fingerprint density at radius 1 is 1.44 bits per heavy atom. The number of aromatic nitrogens is 1. The third-order valence-electron chi connectivity index (χ3n) is 2.31. The van der Waals surface area contributed by atoms with Gasteiger partial charge in [-0.05, 0) is 0 Å². The van der Waals surface area contributed by atoms with Gasteiger partial charge in [-0.15, -0.1) is 0 Å². The Bertz CT molecular complexity index is 369. The highest BCUT2D eigenvalue weighted by Gasteiger charge is 2.20. The summed E-state index contributed by atoms with van der Waals surface area (Å²) in [4.78, 5) is 0. The number of rotatable bonds is 4. The molecule has 0 aliphatic carbocycles. The minimum absolute atomic E-state index is 0.00330. The highest BCUT2D eigenvalue weighted by Crippen LogP contribution is 2.12. The number of hydrogen-bond acceptors (Lipinski definition) is 2. The molecule has 88 valence electrons. The molecule has 16 heavy (non-hydrogen) atoms. The van der Waals surface area contributed by atoms with Crippen molar-refractivity contribution in [2.75, 3.05) is 13.2 Å². The molecule has 1 heterocycles. The van der Waals surface area contributed by atoms with E-state index in [-0.39, 0.29) is 18.6 Å². The lowest BCUT2D eigenvalue weighted by molar-refractivity contribution is -0.671. The molecule has 0 aliphatic rings. The van der Waals surface area contributed by atoms with E-state index in [4.69, 9.17) is 5.11 Å². The zero-order valence-corrected chi connectivity index (χ0v) is 10.1. The first kappa shape index (κ1) is 12.6. The second kappa shape index (κ2) is 5.07. The largest absolute Gasteiger partial charge is 0.624 e. The van der Waals surface area contributed by atoms with Gasteiger partial charge >= 0.3 is 0 Å². The summed E-state index contributed by atoms with van der Waals surface area (Å²) in [6.07, 6.45) is 5.31. The van der Waals surface area contributed by atoms with Crippen LogP contribution in [-0.2, 0) is 7.05 Å². The minimum atomic E-state index is -0.377. The van der Waals surface area contributed by atoms with Crippen molar-refractivity contribution in [1.29, 1.82) is 0 Å². The Labute approximate surface area is 96.1 Å². The van der Waals surface area contributed by atoms with Crippen LogP contribution in [0.1, 0.15) is 19.4 Å². The zero-order chi connectivity index (χ0) is 12.2. The maximum Gasteiger partial charge on any atom is 0.182 e. The van der Waals surface area contributed by atoms with Crippen LogP contribution in [0.3, 0.4) is 0 Å². The van der Waals surface area contributed by atoms with E-state index in [1.165, 1.54) is 6.21 Å². The van der Waals surface area contributed by atoms with Crippen molar-refractivity contribution < 1.29 is 14.4 Å². The van der Waals surface area contributed by atoms with Crippen molar-refractivity contribution in [3.8, 4) is 0 Å². The molecule has 0 aliphatic heterocycles. The third kappa shape index (κ3) is 3.98. The molecular weight excluding hydrogens is 204 g/mol. The molecule has 4 heteroatoms. The summed E-state index contributed by atoms with van der Waals surface area (Å²) in [6.45, 7) is 4.00. The van der Waals surface area contributed by atoms with Crippen molar-refractivity contribution in [3.05, 3.63) is 35.3 Å². The van der Waals surface area contributed by atoms with Crippen LogP contribution in [0.2, 0.25) is 0 Å². The maximum atomic E-state index is 11.6. The van der Waals surface area contributed by atoms with E-state index in [9.17, 15) is 5.21 Å². The van der Waals surface area contributed by atoms with E-state index in [2.05, 4.69) is 0 Å². The number of nitrogens with zero attached hydrogens (tertiary/aromatic N) is 2. The second-order valence-electron chi connectivity index (χ2n) is 4.82. The van der Waals surface area contributed by atoms with Crippen LogP contribution >= 0.6 is 0 Å². The number of aliphatic hydroxyl groups is 1. The molecule has 1 rings (SSSR count). The van der Waals surface area contributed by atoms with Crippen LogP contribution in [0.25, 0.3) is 0 Å². The first-order valence-electron chi connectivity index (χ1n) is 5.28. The van der Waals surface area contributed by atoms with Crippen LogP contribution in [0, 0.1) is 10.6 Å². The molecule has 0 bridgehead atoms. The van der Waals surface area contributed by atoms with Gasteiger partial charge in [0.25, 0.3) is 0 Å². The predicted molar refractivity (Wildman–Crippen MR) is 62.1 cm³/mol.